The van der Waals surface area contributed by atoms with Crippen molar-refractivity contribution in [2.45, 2.75) is 50.0 Å². The maximum atomic E-state index is 12.9. The van der Waals surface area contributed by atoms with Gasteiger partial charge in [0.2, 0.25) is 0 Å². The summed E-state index contributed by atoms with van der Waals surface area (Å²) in [4.78, 5) is 17.5. The molecule has 26 heavy (non-hydrogen) atoms. The summed E-state index contributed by atoms with van der Waals surface area (Å²) in [7, 11) is -3.30. The van der Waals surface area contributed by atoms with Crippen LogP contribution >= 0.6 is 0 Å². The van der Waals surface area contributed by atoms with Gasteiger partial charge in [-0.1, -0.05) is 6.07 Å². The molecule has 1 aromatic carbocycles. The van der Waals surface area contributed by atoms with Gasteiger partial charge in [-0.2, -0.15) is 0 Å². The van der Waals surface area contributed by atoms with Crippen LogP contribution in [-0.4, -0.2) is 62.7 Å². The number of hydrogen-bond donors (Lipinski definition) is 1. The van der Waals surface area contributed by atoms with Crippen molar-refractivity contribution in [3.8, 4) is 0 Å². The maximum absolute atomic E-state index is 12.9. The lowest BCUT2D eigenvalue weighted by atomic mass is 10.0. The molecule has 1 aromatic rings. The van der Waals surface area contributed by atoms with E-state index < -0.39 is 9.84 Å². The van der Waals surface area contributed by atoms with Gasteiger partial charge in [0.15, 0.2) is 9.84 Å². The smallest absolute Gasteiger partial charge is 0.320 e. The van der Waals surface area contributed by atoms with Crippen LogP contribution < -0.4 is 5.32 Å². The van der Waals surface area contributed by atoms with E-state index in [1.165, 1.54) is 19.1 Å². The first-order valence-corrected chi connectivity index (χ1v) is 11.3. The van der Waals surface area contributed by atoms with Crippen LogP contribution in [0.15, 0.2) is 23.1 Å². The molecule has 2 aliphatic heterocycles. The van der Waals surface area contributed by atoms with Crippen LogP contribution in [0.3, 0.4) is 0 Å². The second-order valence-corrected chi connectivity index (χ2v) is 9.55. The third-order valence-electron chi connectivity index (χ3n) is 5.43. The first kappa shape index (κ1) is 19.2. The highest BCUT2D eigenvalue weighted by Crippen LogP contribution is 2.24. The minimum absolute atomic E-state index is 0.123. The maximum Gasteiger partial charge on any atom is 0.322 e. The Bertz CT molecular complexity index is 757. The number of piperidine rings is 1. The number of hydrogen-bond acceptors (Lipinski definition) is 4. The highest BCUT2D eigenvalue weighted by Gasteiger charge is 2.29. The predicted octanol–water partition coefficient (Wildman–Crippen LogP) is 2.88. The van der Waals surface area contributed by atoms with Gasteiger partial charge in [-0.3, -0.25) is 0 Å². The van der Waals surface area contributed by atoms with Crippen molar-refractivity contribution < 1.29 is 13.2 Å². The molecule has 0 unspecified atom stereocenters. The lowest BCUT2D eigenvalue weighted by Gasteiger charge is -2.38. The molecule has 1 N–H and O–H groups in total. The highest BCUT2D eigenvalue weighted by molar-refractivity contribution is 7.90. The Morgan fingerprint density at radius 1 is 1.15 bits per heavy atom. The van der Waals surface area contributed by atoms with Crippen LogP contribution in [0, 0.1) is 6.92 Å². The van der Waals surface area contributed by atoms with Gasteiger partial charge in [0.25, 0.3) is 0 Å². The van der Waals surface area contributed by atoms with Gasteiger partial charge in [0, 0.05) is 31.1 Å². The van der Waals surface area contributed by atoms with E-state index in [4.69, 9.17) is 0 Å². The van der Waals surface area contributed by atoms with E-state index in [9.17, 15) is 13.2 Å². The molecular formula is C19H29N3O3S. The normalized spacial score (nSPS) is 21.8. The first-order chi connectivity index (χ1) is 12.3. The van der Waals surface area contributed by atoms with Crippen molar-refractivity contribution in [3.05, 3.63) is 23.8 Å². The summed E-state index contributed by atoms with van der Waals surface area (Å²) in [6.07, 6.45) is 6.89. The van der Waals surface area contributed by atoms with E-state index >= 15 is 0 Å². The number of benzene rings is 1. The summed E-state index contributed by atoms with van der Waals surface area (Å²) < 4.78 is 23.6. The third kappa shape index (κ3) is 4.57. The Kier molecular flexibility index (Phi) is 5.87. The molecule has 2 heterocycles. The minimum atomic E-state index is -3.30. The topological polar surface area (TPSA) is 69.7 Å². The van der Waals surface area contributed by atoms with Crippen LogP contribution in [0.5, 0.6) is 0 Å². The monoisotopic (exact) mass is 379 g/mol. The summed E-state index contributed by atoms with van der Waals surface area (Å²) in [6, 6.07) is 4.99. The Balaban J connectivity index is 1.73. The summed E-state index contributed by atoms with van der Waals surface area (Å²) in [5, 5.41) is 2.95. The average Bonchev–Trinajstić information content (AvgIpc) is 3.09. The highest BCUT2D eigenvalue weighted by atomic mass is 32.2. The Morgan fingerprint density at radius 2 is 1.85 bits per heavy atom. The second kappa shape index (κ2) is 7.96. The number of rotatable bonds is 4. The van der Waals surface area contributed by atoms with Crippen molar-refractivity contribution in [3.63, 3.8) is 0 Å². The van der Waals surface area contributed by atoms with Gasteiger partial charge in [0.1, 0.15) is 0 Å². The lowest BCUT2D eigenvalue weighted by Crippen LogP contribution is -2.50. The molecule has 0 aromatic heterocycles. The standard InChI is InChI=1S/C19H29N3O3S/c1-15-8-9-17(26(2,24)25)13-18(15)20-19(23)22-12-4-3-7-16(22)14-21-10-5-6-11-21/h8-9,13,16H,3-7,10-12,14H2,1-2H3,(H,20,23)/t16-/m1/s1. The number of likely N-dealkylation sites (tertiary alicyclic amines) is 2. The molecule has 0 saturated carbocycles. The van der Waals surface area contributed by atoms with Gasteiger partial charge in [-0.15, -0.1) is 0 Å². The fourth-order valence-electron chi connectivity index (χ4n) is 3.87. The molecule has 0 aliphatic carbocycles. The second-order valence-electron chi connectivity index (χ2n) is 7.53. The third-order valence-corrected chi connectivity index (χ3v) is 6.54. The molecule has 2 amide bonds. The molecule has 2 fully saturated rings. The average molecular weight is 380 g/mol. The van der Waals surface area contributed by atoms with Crippen molar-refractivity contribution in [1.82, 2.24) is 9.80 Å². The fraction of sp³-hybridized carbons (Fsp3) is 0.632. The number of carbonyl (C=O) groups is 1. The summed E-state index contributed by atoms with van der Waals surface area (Å²) in [5.41, 5.74) is 1.43. The Hall–Kier alpha value is -1.60. The van der Waals surface area contributed by atoms with Gasteiger partial charge < -0.3 is 15.1 Å². The molecule has 6 nitrogen and oxygen atoms in total. The van der Waals surface area contributed by atoms with Crippen LogP contribution in [0.2, 0.25) is 0 Å². The van der Waals surface area contributed by atoms with E-state index in [2.05, 4.69) is 10.2 Å². The molecule has 0 spiro atoms. The van der Waals surface area contributed by atoms with Gasteiger partial charge in [-0.25, -0.2) is 13.2 Å². The summed E-state index contributed by atoms with van der Waals surface area (Å²) in [5.74, 6) is 0. The van der Waals surface area contributed by atoms with Crippen LogP contribution in [-0.2, 0) is 9.84 Å². The number of urea groups is 1. The molecule has 0 radical (unpaired) electrons. The van der Waals surface area contributed by atoms with Gasteiger partial charge >= 0.3 is 6.03 Å². The zero-order valence-electron chi connectivity index (χ0n) is 15.7. The number of anilines is 1. The lowest BCUT2D eigenvalue weighted by molar-refractivity contribution is 0.136. The number of sulfone groups is 1. The summed E-state index contributed by atoms with van der Waals surface area (Å²) >= 11 is 0. The van der Waals surface area contributed by atoms with E-state index in [1.807, 2.05) is 11.8 Å². The summed E-state index contributed by atoms with van der Waals surface area (Å²) in [6.45, 7) is 5.83. The number of amides is 2. The quantitative estimate of drug-likeness (QED) is 0.873. The first-order valence-electron chi connectivity index (χ1n) is 9.45. The largest absolute Gasteiger partial charge is 0.322 e. The van der Waals surface area contributed by atoms with Crippen molar-refractivity contribution in [2.75, 3.05) is 37.8 Å². The van der Waals surface area contributed by atoms with E-state index in [-0.39, 0.29) is 17.0 Å². The van der Waals surface area contributed by atoms with Gasteiger partial charge in [-0.05, 0) is 69.8 Å². The number of carbonyl (C=O) groups excluding carboxylic acids is 1. The van der Waals surface area contributed by atoms with Crippen LogP contribution in [0.25, 0.3) is 0 Å². The molecule has 0 bridgehead atoms. The molecule has 144 valence electrons. The van der Waals surface area contributed by atoms with Crippen LogP contribution in [0.4, 0.5) is 10.5 Å². The molecule has 2 saturated heterocycles. The predicted molar refractivity (Wildman–Crippen MR) is 103 cm³/mol. The molecule has 2 aliphatic rings. The van der Waals surface area contributed by atoms with E-state index in [0.717, 1.165) is 51.0 Å². The van der Waals surface area contributed by atoms with Crippen molar-refractivity contribution in [1.29, 1.82) is 0 Å². The SMILES string of the molecule is Cc1ccc(S(C)(=O)=O)cc1NC(=O)N1CCCC[C@@H]1CN1CCCC1. The number of nitrogens with zero attached hydrogens (tertiary/aromatic N) is 2. The van der Waals surface area contributed by atoms with E-state index in [0.29, 0.717) is 5.69 Å². The number of nitrogens with one attached hydrogen (secondary N) is 1. The zero-order valence-corrected chi connectivity index (χ0v) is 16.5. The van der Waals surface area contributed by atoms with Crippen molar-refractivity contribution in [2.24, 2.45) is 0 Å². The molecule has 3 rings (SSSR count). The van der Waals surface area contributed by atoms with Crippen molar-refractivity contribution >= 4 is 21.6 Å². The molecular weight excluding hydrogens is 350 g/mol. The zero-order chi connectivity index (χ0) is 18.7. The Morgan fingerprint density at radius 3 is 2.54 bits per heavy atom. The number of aryl methyl sites for hydroxylation is 1. The fourth-order valence-corrected chi connectivity index (χ4v) is 4.52. The van der Waals surface area contributed by atoms with Gasteiger partial charge in [0.05, 0.1) is 4.90 Å². The van der Waals surface area contributed by atoms with E-state index in [1.54, 1.807) is 18.2 Å². The Labute approximate surface area is 156 Å². The minimum Gasteiger partial charge on any atom is -0.320 e. The molecule has 7 heteroatoms. The van der Waals surface area contributed by atoms with Crippen LogP contribution in [0.1, 0.15) is 37.7 Å². The molecule has 1 atom stereocenters.